The molecule has 4 nitrogen and oxygen atoms in total. The Morgan fingerprint density at radius 1 is 1.00 bits per heavy atom. The molecule has 2 rings (SSSR count). The first-order chi connectivity index (χ1) is 6.93. The summed E-state index contributed by atoms with van der Waals surface area (Å²) in [6, 6.07) is 3.99. The zero-order chi connectivity index (χ0) is 10.1. The van der Waals surface area contributed by atoms with Gasteiger partial charge in [-0.25, -0.2) is 0 Å². The largest absolute Gasteiger partial charge is 0.353 e. The van der Waals surface area contributed by atoms with Gasteiger partial charge >= 0.3 is 0 Å². The lowest BCUT2D eigenvalue weighted by Crippen LogP contribution is -2.39. The summed E-state index contributed by atoms with van der Waals surface area (Å²) in [6.07, 6.45) is 4.01. The van der Waals surface area contributed by atoms with E-state index in [1.54, 1.807) is 0 Å². The normalized spacial score (nSPS) is 15.8. The highest BCUT2D eigenvalue weighted by molar-refractivity contribution is 4.89. The molecule has 2 heterocycles. The van der Waals surface area contributed by atoms with Gasteiger partial charge in [0, 0.05) is 51.7 Å². The molecule has 14 heavy (non-hydrogen) atoms. The Labute approximate surface area is 85.5 Å². The summed E-state index contributed by atoms with van der Waals surface area (Å²) in [5.41, 5.74) is 5.30. The monoisotopic (exact) mass is 196 g/mol. The van der Waals surface area contributed by atoms with E-state index in [4.69, 9.17) is 5.73 Å². The van der Waals surface area contributed by atoms with Gasteiger partial charge in [-0.1, -0.05) is 0 Å². The van der Waals surface area contributed by atoms with Crippen molar-refractivity contribution in [3.05, 3.63) is 24.5 Å². The molecule has 0 amide bonds. The highest BCUT2D eigenvalue weighted by Gasteiger charge is 1.91. The molecular weight excluding hydrogens is 176 g/mol. The maximum Gasteiger partial charge on any atom is 0.0342 e. The second kappa shape index (κ2) is 7.55. The van der Waals surface area contributed by atoms with Crippen LogP contribution >= 0.6 is 0 Å². The fraction of sp³-hybridized carbons (Fsp3) is 0.600. The summed E-state index contributed by atoms with van der Waals surface area (Å²) in [5, 5.41) is 6.44. The Bertz CT molecular complexity index is 192. The molecule has 0 bridgehead atoms. The summed E-state index contributed by atoms with van der Waals surface area (Å²) in [5.74, 6) is 0. The molecule has 1 aliphatic rings. The number of piperazine rings is 1. The second-order valence-electron chi connectivity index (χ2n) is 3.21. The number of nitrogens with zero attached hydrogens (tertiary/aromatic N) is 1. The van der Waals surface area contributed by atoms with E-state index in [0.717, 1.165) is 32.7 Å². The minimum Gasteiger partial charge on any atom is -0.353 e. The van der Waals surface area contributed by atoms with Gasteiger partial charge in [-0.15, -0.1) is 0 Å². The van der Waals surface area contributed by atoms with E-state index in [0.29, 0.717) is 6.54 Å². The van der Waals surface area contributed by atoms with E-state index >= 15 is 0 Å². The fourth-order valence-electron chi connectivity index (χ4n) is 1.27. The predicted molar refractivity (Wildman–Crippen MR) is 59.2 cm³/mol. The lowest BCUT2D eigenvalue weighted by molar-refractivity contribution is 0.534. The summed E-state index contributed by atoms with van der Waals surface area (Å²) < 4.78 is 2.06. The van der Waals surface area contributed by atoms with E-state index in [9.17, 15) is 0 Å². The summed E-state index contributed by atoms with van der Waals surface area (Å²) in [6.45, 7) is 6.20. The van der Waals surface area contributed by atoms with Crippen molar-refractivity contribution in [3.63, 3.8) is 0 Å². The van der Waals surface area contributed by atoms with Crippen molar-refractivity contribution in [2.24, 2.45) is 5.73 Å². The minimum absolute atomic E-state index is 0.717. The summed E-state index contributed by atoms with van der Waals surface area (Å²) in [7, 11) is 0. The molecule has 1 aliphatic heterocycles. The van der Waals surface area contributed by atoms with Crippen LogP contribution in [0.25, 0.3) is 0 Å². The molecule has 1 aromatic heterocycles. The Hall–Kier alpha value is -0.840. The van der Waals surface area contributed by atoms with Crippen molar-refractivity contribution in [2.45, 2.75) is 6.54 Å². The van der Waals surface area contributed by atoms with Crippen molar-refractivity contribution in [3.8, 4) is 0 Å². The fourth-order valence-corrected chi connectivity index (χ4v) is 1.27. The number of nitrogens with one attached hydrogen (secondary N) is 2. The SMILES string of the molecule is C1CNCCN1.NCCn1cccc1. The lowest BCUT2D eigenvalue weighted by atomic mass is 10.4. The molecule has 1 fully saturated rings. The molecule has 0 unspecified atom stereocenters. The molecule has 0 radical (unpaired) electrons. The molecule has 80 valence electrons. The molecule has 1 saturated heterocycles. The van der Waals surface area contributed by atoms with Crippen molar-refractivity contribution >= 4 is 0 Å². The van der Waals surface area contributed by atoms with Gasteiger partial charge in [-0.3, -0.25) is 0 Å². The van der Waals surface area contributed by atoms with E-state index in [2.05, 4.69) is 15.2 Å². The van der Waals surface area contributed by atoms with Crippen LogP contribution in [0.3, 0.4) is 0 Å². The van der Waals surface area contributed by atoms with Crippen LogP contribution in [-0.2, 0) is 6.54 Å². The first-order valence-corrected chi connectivity index (χ1v) is 5.16. The Morgan fingerprint density at radius 2 is 1.50 bits per heavy atom. The third kappa shape index (κ3) is 5.01. The molecule has 1 aromatic rings. The minimum atomic E-state index is 0.717. The highest BCUT2D eigenvalue weighted by Crippen LogP contribution is 1.86. The summed E-state index contributed by atoms with van der Waals surface area (Å²) in [4.78, 5) is 0. The van der Waals surface area contributed by atoms with Gasteiger partial charge in [-0.05, 0) is 12.1 Å². The van der Waals surface area contributed by atoms with E-state index in [1.807, 2.05) is 24.5 Å². The van der Waals surface area contributed by atoms with Gasteiger partial charge in [0.05, 0.1) is 0 Å². The van der Waals surface area contributed by atoms with Gasteiger partial charge in [0.2, 0.25) is 0 Å². The lowest BCUT2D eigenvalue weighted by Gasteiger charge is -2.11. The zero-order valence-electron chi connectivity index (χ0n) is 8.58. The van der Waals surface area contributed by atoms with Crippen molar-refractivity contribution < 1.29 is 0 Å². The van der Waals surface area contributed by atoms with Crippen LogP contribution in [0, 0.1) is 0 Å². The van der Waals surface area contributed by atoms with Gasteiger partial charge in [0.15, 0.2) is 0 Å². The average molecular weight is 196 g/mol. The van der Waals surface area contributed by atoms with Crippen LogP contribution in [0.2, 0.25) is 0 Å². The molecule has 4 N–H and O–H groups in total. The first-order valence-electron chi connectivity index (χ1n) is 5.16. The first kappa shape index (κ1) is 11.2. The Kier molecular flexibility index (Phi) is 6.06. The van der Waals surface area contributed by atoms with Gasteiger partial charge in [-0.2, -0.15) is 0 Å². The molecule has 0 atom stereocenters. The van der Waals surface area contributed by atoms with Crippen molar-refractivity contribution in [1.29, 1.82) is 0 Å². The average Bonchev–Trinajstić information content (AvgIpc) is 2.75. The van der Waals surface area contributed by atoms with Crippen LogP contribution in [0.1, 0.15) is 0 Å². The number of aromatic nitrogens is 1. The summed E-state index contributed by atoms with van der Waals surface area (Å²) >= 11 is 0. The van der Waals surface area contributed by atoms with Gasteiger partial charge in [0.1, 0.15) is 0 Å². The van der Waals surface area contributed by atoms with Crippen LogP contribution in [0.5, 0.6) is 0 Å². The Morgan fingerprint density at radius 3 is 1.86 bits per heavy atom. The maximum atomic E-state index is 5.30. The van der Waals surface area contributed by atoms with Crippen molar-refractivity contribution in [1.82, 2.24) is 15.2 Å². The number of nitrogens with two attached hydrogens (primary N) is 1. The number of hydrogen-bond acceptors (Lipinski definition) is 3. The third-order valence-corrected chi connectivity index (χ3v) is 2.01. The van der Waals surface area contributed by atoms with E-state index < -0.39 is 0 Å². The molecule has 0 aromatic carbocycles. The van der Waals surface area contributed by atoms with Crippen LogP contribution in [0.15, 0.2) is 24.5 Å². The number of rotatable bonds is 2. The van der Waals surface area contributed by atoms with E-state index in [-0.39, 0.29) is 0 Å². The predicted octanol–water partition coefficient (Wildman–Crippen LogP) is -0.374. The standard InChI is InChI=1S/C6H10N2.C4H10N2/c7-3-6-8-4-1-2-5-8;1-2-6-4-3-5-1/h1-2,4-5H,3,6-7H2;5-6H,1-4H2. The zero-order valence-corrected chi connectivity index (χ0v) is 8.58. The van der Waals surface area contributed by atoms with Crippen LogP contribution in [0.4, 0.5) is 0 Å². The second-order valence-corrected chi connectivity index (χ2v) is 3.21. The molecular formula is C10H20N4. The van der Waals surface area contributed by atoms with Gasteiger partial charge < -0.3 is 20.9 Å². The van der Waals surface area contributed by atoms with Gasteiger partial charge in [0.25, 0.3) is 0 Å². The van der Waals surface area contributed by atoms with Crippen molar-refractivity contribution in [2.75, 3.05) is 32.7 Å². The topological polar surface area (TPSA) is 55.0 Å². The molecule has 0 saturated carbocycles. The molecule has 0 spiro atoms. The maximum absolute atomic E-state index is 5.30. The Balaban J connectivity index is 0.000000146. The molecule has 4 heteroatoms. The third-order valence-electron chi connectivity index (χ3n) is 2.01. The quantitative estimate of drug-likeness (QED) is 0.605. The highest BCUT2D eigenvalue weighted by atomic mass is 15.0. The van der Waals surface area contributed by atoms with Crippen LogP contribution in [-0.4, -0.2) is 37.3 Å². The van der Waals surface area contributed by atoms with Crippen LogP contribution < -0.4 is 16.4 Å². The smallest absolute Gasteiger partial charge is 0.0342 e. The van der Waals surface area contributed by atoms with E-state index in [1.165, 1.54) is 0 Å². The molecule has 0 aliphatic carbocycles. The number of hydrogen-bond donors (Lipinski definition) is 3.